The van der Waals surface area contributed by atoms with E-state index in [9.17, 15) is 9.90 Å². The Balaban J connectivity index is 1.83. The van der Waals surface area contributed by atoms with Crippen LogP contribution in [0.5, 0.6) is 0 Å². The van der Waals surface area contributed by atoms with Crippen molar-refractivity contribution in [1.82, 2.24) is 9.88 Å². The van der Waals surface area contributed by atoms with Crippen LogP contribution in [0, 0.1) is 6.92 Å². The summed E-state index contributed by atoms with van der Waals surface area (Å²) in [5, 5.41) is 14.3. The van der Waals surface area contributed by atoms with E-state index < -0.39 is 6.10 Å². The zero-order valence-electron chi connectivity index (χ0n) is 13.5. The molecule has 4 nitrogen and oxygen atoms in total. The van der Waals surface area contributed by atoms with E-state index in [1.165, 1.54) is 11.3 Å². The molecule has 0 radical (unpaired) electrons. The number of amides is 1. The number of aliphatic hydroxyl groups is 1. The largest absolute Gasteiger partial charge is 0.387 e. The molecule has 3 aromatic rings. The summed E-state index contributed by atoms with van der Waals surface area (Å²) >= 11 is 1.54. The van der Waals surface area contributed by atoms with Gasteiger partial charge >= 0.3 is 0 Å². The molecule has 24 heavy (non-hydrogen) atoms. The molecule has 0 fully saturated rings. The number of H-pyrrole nitrogens is 1. The molecule has 1 amide bonds. The smallest absolute Gasteiger partial charge is 0.256 e. The summed E-state index contributed by atoms with van der Waals surface area (Å²) < 4.78 is 0. The highest BCUT2D eigenvalue weighted by Crippen LogP contribution is 2.20. The molecule has 2 N–H and O–H groups in total. The Kier molecular flexibility index (Phi) is 5.13. The third-order valence-electron chi connectivity index (χ3n) is 4.01. The van der Waals surface area contributed by atoms with Gasteiger partial charge in [-0.2, -0.15) is 11.3 Å². The van der Waals surface area contributed by atoms with Crippen molar-refractivity contribution in [3.8, 4) is 0 Å². The number of aliphatic hydroxyl groups excluding tert-OH is 1. The van der Waals surface area contributed by atoms with E-state index in [2.05, 4.69) is 4.98 Å². The topological polar surface area (TPSA) is 56.3 Å². The minimum absolute atomic E-state index is 0.0770. The maximum atomic E-state index is 12.9. The Morgan fingerprint density at radius 1 is 1.25 bits per heavy atom. The summed E-state index contributed by atoms with van der Waals surface area (Å²) in [7, 11) is 0. The number of hydrogen-bond donors (Lipinski definition) is 2. The maximum Gasteiger partial charge on any atom is 0.256 e. The van der Waals surface area contributed by atoms with Gasteiger partial charge in [-0.25, -0.2) is 0 Å². The summed E-state index contributed by atoms with van der Waals surface area (Å²) in [5.74, 6) is -0.0770. The highest BCUT2D eigenvalue weighted by atomic mass is 32.1. The van der Waals surface area contributed by atoms with Gasteiger partial charge in [-0.15, -0.1) is 0 Å². The lowest BCUT2D eigenvalue weighted by Crippen LogP contribution is -2.34. The molecule has 1 aromatic carbocycles. The molecule has 3 rings (SSSR count). The van der Waals surface area contributed by atoms with Crippen LogP contribution >= 0.6 is 11.3 Å². The molecular formula is C19H20N2O2S. The van der Waals surface area contributed by atoms with Crippen LogP contribution in [-0.2, 0) is 6.54 Å². The summed E-state index contributed by atoms with van der Waals surface area (Å²) in [6.45, 7) is 2.60. The lowest BCUT2D eigenvalue weighted by Gasteiger charge is -2.25. The number of carbonyl (C=O) groups excluding carboxylic acids is 1. The second-order valence-electron chi connectivity index (χ2n) is 5.76. The van der Waals surface area contributed by atoms with Crippen molar-refractivity contribution in [1.29, 1.82) is 0 Å². The van der Waals surface area contributed by atoms with Gasteiger partial charge in [-0.3, -0.25) is 4.79 Å². The number of benzene rings is 1. The van der Waals surface area contributed by atoms with Crippen molar-refractivity contribution in [2.45, 2.75) is 19.6 Å². The molecule has 2 heterocycles. The van der Waals surface area contributed by atoms with Gasteiger partial charge in [-0.1, -0.05) is 30.3 Å². The summed E-state index contributed by atoms with van der Waals surface area (Å²) in [6.07, 6.45) is 1.07. The van der Waals surface area contributed by atoms with Crippen LogP contribution in [0.15, 0.2) is 59.4 Å². The first-order valence-electron chi connectivity index (χ1n) is 7.82. The van der Waals surface area contributed by atoms with Crippen molar-refractivity contribution >= 4 is 17.2 Å². The highest BCUT2D eigenvalue weighted by Gasteiger charge is 2.22. The molecule has 0 aliphatic heterocycles. The molecule has 0 aliphatic carbocycles. The maximum absolute atomic E-state index is 12.9. The average molecular weight is 340 g/mol. The molecule has 5 heteroatoms. The SMILES string of the molecule is Cc1[nH]ccc1C(=O)N(Cc1ccccc1)CC(O)c1ccsc1. The summed E-state index contributed by atoms with van der Waals surface area (Å²) in [6, 6.07) is 13.5. The Bertz CT molecular complexity index is 781. The fraction of sp³-hybridized carbons (Fsp3) is 0.211. The molecular weight excluding hydrogens is 320 g/mol. The molecule has 0 bridgehead atoms. The number of hydrogen-bond acceptors (Lipinski definition) is 3. The molecule has 1 unspecified atom stereocenters. The predicted octanol–water partition coefficient (Wildman–Crippen LogP) is 3.76. The zero-order valence-corrected chi connectivity index (χ0v) is 14.3. The van der Waals surface area contributed by atoms with E-state index in [1.807, 2.05) is 54.1 Å². The van der Waals surface area contributed by atoms with Crippen LogP contribution in [0.3, 0.4) is 0 Å². The van der Waals surface area contributed by atoms with Crippen molar-refractivity contribution in [2.75, 3.05) is 6.54 Å². The van der Waals surface area contributed by atoms with Crippen LogP contribution in [-0.4, -0.2) is 27.4 Å². The molecule has 124 valence electrons. The van der Waals surface area contributed by atoms with E-state index in [0.29, 0.717) is 12.1 Å². The number of aromatic nitrogens is 1. The first-order valence-corrected chi connectivity index (χ1v) is 8.77. The van der Waals surface area contributed by atoms with Crippen molar-refractivity contribution in [2.24, 2.45) is 0 Å². The number of aromatic amines is 1. The Morgan fingerprint density at radius 3 is 2.67 bits per heavy atom. The van der Waals surface area contributed by atoms with Gasteiger partial charge in [0.1, 0.15) is 0 Å². The molecule has 0 saturated carbocycles. The van der Waals surface area contributed by atoms with E-state index in [1.54, 1.807) is 17.2 Å². The Morgan fingerprint density at radius 2 is 2.04 bits per heavy atom. The van der Waals surface area contributed by atoms with Gasteiger partial charge < -0.3 is 15.0 Å². The van der Waals surface area contributed by atoms with Gasteiger partial charge in [-0.05, 0) is 40.9 Å². The van der Waals surface area contributed by atoms with Crippen LogP contribution in [0.2, 0.25) is 0 Å². The lowest BCUT2D eigenvalue weighted by atomic mass is 10.1. The summed E-state index contributed by atoms with van der Waals surface area (Å²) in [4.78, 5) is 17.7. The first-order chi connectivity index (χ1) is 11.6. The molecule has 1 atom stereocenters. The van der Waals surface area contributed by atoms with E-state index in [0.717, 1.165) is 16.8 Å². The fourth-order valence-electron chi connectivity index (χ4n) is 2.66. The number of rotatable bonds is 6. The third-order valence-corrected chi connectivity index (χ3v) is 4.71. The highest BCUT2D eigenvalue weighted by molar-refractivity contribution is 7.07. The number of carbonyl (C=O) groups is 1. The van der Waals surface area contributed by atoms with Crippen LogP contribution in [0.4, 0.5) is 0 Å². The third kappa shape index (κ3) is 3.75. The monoisotopic (exact) mass is 340 g/mol. The standard InChI is InChI=1S/C19H20N2O2S/c1-14-17(7-9-20-14)19(23)21(11-15-5-3-2-4-6-15)12-18(22)16-8-10-24-13-16/h2-10,13,18,20,22H,11-12H2,1H3. The molecule has 0 aliphatic rings. The quantitative estimate of drug-likeness (QED) is 0.718. The van der Waals surface area contributed by atoms with Crippen LogP contribution in [0.1, 0.15) is 33.3 Å². The van der Waals surface area contributed by atoms with Crippen molar-refractivity contribution in [3.63, 3.8) is 0 Å². The number of nitrogens with one attached hydrogen (secondary N) is 1. The number of nitrogens with zero attached hydrogens (tertiary/aromatic N) is 1. The van der Waals surface area contributed by atoms with Gasteiger partial charge in [0.2, 0.25) is 0 Å². The summed E-state index contributed by atoms with van der Waals surface area (Å²) in [5.41, 5.74) is 3.36. The lowest BCUT2D eigenvalue weighted by molar-refractivity contribution is 0.0604. The van der Waals surface area contributed by atoms with Crippen LogP contribution in [0.25, 0.3) is 0 Å². The second-order valence-corrected chi connectivity index (χ2v) is 6.54. The molecule has 0 spiro atoms. The fourth-order valence-corrected chi connectivity index (χ4v) is 3.36. The molecule has 2 aromatic heterocycles. The number of thiophene rings is 1. The molecule has 0 saturated heterocycles. The van der Waals surface area contributed by atoms with Crippen LogP contribution < -0.4 is 0 Å². The van der Waals surface area contributed by atoms with E-state index in [-0.39, 0.29) is 12.5 Å². The second kappa shape index (κ2) is 7.47. The normalized spacial score (nSPS) is 12.1. The van der Waals surface area contributed by atoms with Gasteiger partial charge in [0.05, 0.1) is 18.2 Å². The van der Waals surface area contributed by atoms with Gasteiger partial charge in [0, 0.05) is 18.4 Å². The van der Waals surface area contributed by atoms with Crippen molar-refractivity contribution in [3.05, 3.63) is 81.8 Å². The minimum atomic E-state index is -0.692. The predicted molar refractivity (Wildman–Crippen MR) is 96.0 cm³/mol. The minimum Gasteiger partial charge on any atom is -0.387 e. The van der Waals surface area contributed by atoms with E-state index in [4.69, 9.17) is 0 Å². The van der Waals surface area contributed by atoms with E-state index >= 15 is 0 Å². The number of aryl methyl sites for hydroxylation is 1. The van der Waals surface area contributed by atoms with Gasteiger partial charge in [0.25, 0.3) is 5.91 Å². The van der Waals surface area contributed by atoms with Gasteiger partial charge in [0.15, 0.2) is 0 Å². The van der Waals surface area contributed by atoms with Crippen molar-refractivity contribution < 1.29 is 9.90 Å². The zero-order chi connectivity index (χ0) is 16.9. The average Bonchev–Trinajstić information content (AvgIpc) is 3.26. The Labute approximate surface area is 145 Å². The first kappa shape index (κ1) is 16.5. The Hall–Kier alpha value is -2.37.